The highest BCUT2D eigenvalue weighted by Crippen LogP contribution is 2.24. The van der Waals surface area contributed by atoms with Gasteiger partial charge in [-0.05, 0) is 24.3 Å². The maximum atomic E-state index is 11.7. The SMILES string of the molecule is Nc1ccn(CC(=O)Nc2ccc(Cl)c(Cl)c2)n1. The summed E-state index contributed by atoms with van der Waals surface area (Å²) in [4.78, 5) is 11.7. The van der Waals surface area contributed by atoms with Crippen molar-refractivity contribution < 1.29 is 4.79 Å². The lowest BCUT2D eigenvalue weighted by molar-refractivity contribution is -0.116. The van der Waals surface area contributed by atoms with E-state index in [9.17, 15) is 4.79 Å². The molecule has 0 aliphatic heterocycles. The van der Waals surface area contributed by atoms with E-state index in [1.54, 1.807) is 30.5 Å². The topological polar surface area (TPSA) is 72.9 Å². The van der Waals surface area contributed by atoms with Crippen molar-refractivity contribution in [3.63, 3.8) is 0 Å². The third kappa shape index (κ3) is 3.15. The molecule has 5 nitrogen and oxygen atoms in total. The second-order valence-corrected chi connectivity index (χ2v) is 4.43. The maximum absolute atomic E-state index is 11.7. The van der Waals surface area contributed by atoms with Crippen LogP contribution in [0, 0.1) is 0 Å². The van der Waals surface area contributed by atoms with Gasteiger partial charge in [0.1, 0.15) is 12.4 Å². The summed E-state index contributed by atoms with van der Waals surface area (Å²) in [7, 11) is 0. The van der Waals surface area contributed by atoms with Gasteiger partial charge in [-0.1, -0.05) is 23.2 Å². The van der Waals surface area contributed by atoms with E-state index in [0.29, 0.717) is 21.6 Å². The minimum absolute atomic E-state index is 0.0808. The van der Waals surface area contributed by atoms with Crippen molar-refractivity contribution in [3.05, 3.63) is 40.5 Å². The largest absolute Gasteiger partial charge is 0.382 e. The number of carbonyl (C=O) groups excluding carboxylic acids is 1. The normalized spacial score (nSPS) is 10.3. The Morgan fingerprint density at radius 1 is 1.33 bits per heavy atom. The molecule has 0 bridgehead atoms. The summed E-state index contributed by atoms with van der Waals surface area (Å²) in [6, 6.07) is 6.49. The first kappa shape index (κ1) is 12.7. The molecule has 94 valence electrons. The smallest absolute Gasteiger partial charge is 0.246 e. The van der Waals surface area contributed by atoms with Crippen molar-refractivity contribution in [3.8, 4) is 0 Å². The van der Waals surface area contributed by atoms with Gasteiger partial charge in [0.15, 0.2) is 0 Å². The van der Waals surface area contributed by atoms with E-state index in [-0.39, 0.29) is 12.5 Å². The lowest BCUT2D eigenvalue weighted by atomic mass is 10.3. The fourth-order valence-corrected chi connectivity index (χ4v) is 1.69. The number of carbonyl (C=O) groups is 1. The van der Waals surface area contributed by atoms with Gasteiger partial charge in [-0.25, -0.2) is 0 Å². The molecule has 3 N–H and O–H groups in total. The minimum atomic E-state index is -0.225. The van der Waals surface area contributed by atoms with Gasteiger partial charge in [-0.15, -0.1) is 0 Å². The van der Waals surface area contributed by atoms with E-state index in [4.69, 9.17) is 28.9 Å². The molecule has 2 rings (SSSR count). The number of anilines is 2. The van der Waals surface area contributed by atoms with Crippen molar-refractivity contribution in [2.24, 2.45) is 0 Å². The first-order valence-electron chi connectivity index (χ1n) is 5.08. The number of nitrogens with one attached hydrogen (secondary N) is 1. The quantitative estimate of drug-likeness (QED) is 0.909. The molecule has 1 aromatic carbocycles. The third-order valence-corrected chi connectivity index (χ3v) is 2.91. The molecule has 0 aliphatic carbocycles. The van der Waals surface area contributed by atoms with Crippen molar-refractivity contribution in [2.75, 3.05) is 11.1 Å². The summed E-state index contributed by atoms with van der Waals surface area (Å²) in [5, 5.41) is 7.42. The number of amides is 1. The Morgan fingerprint density at radius 3 is 2.72 bits per heavy atom. The van der Waals surface area contributed by atoms with Crippen LogP contribution in [0.4, 0.5) is 11.5 Å². The molecule has 0 saturated carbocycles. The van der Waals surface area contributed by atoms with Crippen molar-refractivity contribution in [2.45, 2.75) is 6.54 Å². The first-order valence-corrected chi connectivity index (χ1v) is 5.84. The van der Waals surface area contributed by atoms with E-state index in [2.05, 4.69) is 10.4 Å². The lowest BCUT2D eigenvalue weighted by Crippen LogP contribution is -2.19. The van der Waals surface area contributed by atoms with Gasteiger partial charge in [0.2, 0.25) is 5.91 Å². The van der Waals surface area contributed by atoms with Gasteiger partial charge in [0, 0.05) is 11.9 Å². The molecule has 0 unspecified atom stereocenters. The number of nitrogen functional groups attached to an aromatic ring is 1. The van der Waals surface area contributed by atoms with Crippen LogP contribution >= 0.6 is 23.2 Å². The Morgan fingerprint density at radius 2 is 2.11 bits per heavy atom. The van der Waals surface area contributed by atoms with E-state index in [1.807, 2.05) is 0 Å². The van der Waals surface area contributed by atoms with E-state index in [1.165, 1.54) is 4.68 Å². The highest BCUT2D eigenvalue weighted by Gasteiger charge is 2.06. The van der Waals surface area contributed by atoms with Crippen molar-refractivity contribution in [1.29, 1.82) is 0 Å². The molecule has 7 heteroatoms. The predicted octanol–water partition coefficient (Wildman–Crippen LogP) is 2.41. The molecule has 0 saturated heterocycles. The summed E-state index contributed by atoms with van der Waals surface area (Å²) >= 11 is 11.6. The molecule has 0 radical (unpaired) electrons. The highest BCUT2D eigenvalue weighted by molar-refractivity contribution is 6.42. The predicted molar refractivity (Wildman–Crippen MR) is 71.7 cm³/mol. The number of nitrogens with two attached hydrogens (primary N) is 1. The minimum Gasteiger partial charge on any atom is -0.382 e. The van der Waals surface area contributed by atoms with E-state index in [0.717, 1.165) is 0 Å². The standard InChI is InChI=1S/C11H10Cl2N4O/c12-8-2-1-7(5-9(8)13)15-11(18)6-17-4-3-10(14)16-17/h1-5H,6H2,(H2,14,16)(H,15,18). The van der Waals surface area contributed by atoms with Gasteiger partial charge in [-0.3, -0.25) is 9.48 Å². The molecule has 0 fully saturated rings. The van der Waals surface area contributed by atoms with Gasteiger partial charge >= 0.3 is 0 Å². The lowest BCUT2D eigenvalue weighted by Gasteiger charge is -2.06. The average molecular weight is 285 g/mol. The number of nitrogens with zero attached hydrogens (tertiary/aromatic N) is 2. The van der Waals surface area contributed by atoms with E-state index < -0.39 is 0 Å². The number of aromatic nitrogens is 2. The molecular weight excluding hydrogens is 275 g/mol. The van der Waals surface area contributed by atoms with Crippen LogP contribution in [0.2, 0.25) is 10.0 Å². The average Bonchev–Trinajstić information content (AvgIpc) is 2.69. The summed E-state index contributed by atoms with van der Waals surface area (Å²) in [6.45, 7) is 0.0808. The molecule has 0 spiro atoms. The van der Waals surface area contributed by atoms with Crippen LogP contribution < -0.4 is 11.1 Å². The Bertz CT molecular complexity index is 582. The Labute approximate surface area is 113 Å². The Balaban J connectivity index is 2.00. The fourth-order valence-electron chi connectivity index (χ4n) is 1.39. The number of halogens is 2. The van der Waals surface area contributed by atoms with Crippen LogP contribution in [0.15, 0.2) is 30.5 Å². The van der Waals surface area contributed by atoms with Crippen molar-refractivity contribution in [1.82, 2.24) is 9.78 Å². The van der Waals surface area contributed by atoms with Gasteiger partial charge < -0.3 is 11.1 Å². The molecule has 1 aromatic heterocycles. The molecule has 1 amide bonds. The molecular formula is C11H10Cl2N4O. The van der Waals surface area contributed by atoms with Crippen LogP contribution in [0.25, 0.3) is 0 Å². The first-order chi connectivity index (χ1) is 8.54. The number of hydrogen-bond donors (Lipinski definition) is 2. The van der Waals surface area contributed by atoms with Crippen LogP contribution in [0.3, 0.4) is 0 Å². The van der Waals surface area contributed by atoms with Crippen LogP contribution in [0.1, 0.15) is 0 Å². The highest BCUT2D eigenvalue weighted by atomic mass is 35.5. The summed E-state index contributed by atoms with van der Waals surface area (Å²) in [5.74, 6) is 0.147. The maximum Gasteiger partial charge on any atom is 0.246 e. The zero-order chi connectivity index (χ0) is 13.1. The van der Waals surface area contributed by atoms with Gasteiger partial charge in [-0.2, -0.15) is 5.10 Å². The number of benzene rings is 1. The van der Waals surface area contributed by atoms with Crippen molar-refractivity contribution >= 4 is 40.6 Å². The molecule has 2 aromatic rings. The second kappa shape index (κ2) is 5.29. The number of hydrogen-bond acceptors (Lipinski definition) is 3. The fraction of sp³-hybridized carbons (Fsp3) is 0.0909. The zero-order valence-electron chi connectivity index (χ0n) is 9.23. The van der Waals surface area contributed by atoms with E-state index >= 15 is 0 Å². The molecule has 0 aliphatic rings. The summed E-state index contributed by atoms with van der Waals surface area (Å²) in [6.07, 6.45) is 1.63. The summed E-state index contributed by atoms with van der Waals surface area (Å²) in [5.41, 5.74) is 6.03. The van der Waals surface area contributed by atoms with Crippen LogP contribution in [-0.4, -0.2) is 15.7 Å². The zero-order valence-corrected chi connectivity index (χ0v) is 10.7. The molecule has 1 heterocycles. The Kier molecular flexibility index (Phi) is 3.74. The summed E-state index contributed by atoms with van der Waals surface area (Å²) < 4.78 is 1.45. The van der Waals surface area contributed by atoms with Gasteiger partial charge in [0.25, 0.3) is 0 Å². The second-order valence-electron chi connectivity index (χ2n) is 3.62. The van der Waals surface area contributed by atoms with Gasteiger partial charge in [0.05, 0.1) is 10.0 Å². The van der Waals surface area contributed by atoms with Crippen LogP contribution in [0.5, 0.6) is 0 Å². The molecule has 18 heavy (non-hydrogen) atoms. The Hall–Kier alpha value is -1.72. The van der Waals surface area contributed by atoms with Crippen LogP contribution in [-0.2, 0) is 11.3 Å². The monoisotopic (exact) mass is 284 g/mol. The molecule has 0 atom stereocenters. The third-order valence-electron chi connectivity index (χ3n) is 2.17. The number of rotatable bonds is 3.